The Morgan fingerprint density at radius 2 is 2.06 bits per heavy atom. The van der Waals surface area contributed by atoms with Gasteiger partial charge in [0.1, 0.15) is 0 Å². The van der Waals surface area contributed by atoms with E-state index >= 15 is 0 Å². The van der Waals surface area contributed by atoms with Crippen LogP contribution in [0.25, 0.3) is 0 Å². The molecule has 1 saturated heterocycles. The van der Waals surface area contributed by atoms with Gasteiger partial charge in [0.25, 0.3) is 10.2 Å². The Balaban J connectivity index is 1.94. The number of nitrogens with one attached hydrogen (secondary N) is 1. The summed E-state index contributed by atoms with van der Waals surface area (Å²) in [6.45, 7) is 3.70. The Labute approximate surface area is 103 Å². The van der Waals surface area contributed by atoms with Crippen molar-refractivity contribution >= 4 is 10.2 Å². The minimum absolute atomic E-state index is 0.0765. The zero-order valence-corrected chi connectivity index (χ0v) is 10.9. The van der Waals surface area contributed by atoms with Crippen LogP contribution in [-0.2, 0) is 14.9 Å². The van der Waals surface area contributed by atoms with Gasteiger partial charge < -0.3 is 10.5 Å². The fourth-order valence-electron chi connectivity index (χ4n) is 2.37. The summed E-state index contributed by atoms with van der Waals surface area (Å²) < 4.78 is 33.7. The highest BCUT2D eigenvalue weighted by atomic mass is 32.2. The molecule has 1 aliphatic heterocycles. The summed E-state index contributed by atoms with van der Waals surface area (Å²) in [4.78, 5) is 0. The highest BCUT2D eigenvalue weighted by Crippen LogP contribution is 2.24. The smallest absolute Gasteiger partial charge is 0.279 e. The fraction of sp³-hybridized carbons (Fsp3) is 1.00. The summed E-state index contributed by atoms with van der Waals surface area (Å²) in [5.41, 5.74) is 5.82. The number of hydrogen-bond donors (Lipinski definition) is 2. The minimum atomic E-state index is -3.38. The minimum Gasteiger partial charge on any atom is -0.377 e. The monoisotopic (exact) mass is 263 g/mol. The van der Waals surface area contributed by atoms with E-state index in [9.17, 15) is 8.42 Å². The van der Waals surface area contributed by atoms with Crippen LogP contribution in [0.4, 0.5) is 0 Å². The lowest BCUT2D eigenvalue weighted by Crippen LogP contribution is -2.66. The number of ether oxygens (including phenoxy) is 1. The van der Waals surface area contributed by atoms with Crippen molar-refractivity contribution < 1.29 is 13.2 Å². The van der Waals surface area contributed by atoms with Gasteiger partial charge in [0.2, 0.25) is 0 Å². The van der Waals surface area contributed by atoms with Gasteiger partial charge in [-0.15, -0.1) is 0 Å². The molecule has 3 unspecified atom stereocenters. The molecule has 2 fully saturated rings. The maximum absolute atomic E-state index is 12.0. The van der Waals surface area contributed by atoms with Crippen molar-refractivity contribution in [2.75, 3.05) is 19.7 Å². The van der Waals surface area contributed by atoms with Crippen molar-refractivity contribution in [3.05, 3.63) is 0 Å². The summed E-state index contributed by atoms with van der Waals surface area (Å²) in [6.07, 6.45) is 2.52. The zero-order valence-electron chi connectivity index (χ0n) is 10.1. The second-order valence-electron chi connectivity index (χ2n) is 4.65. The van der Waals surface area contributed by atoms with Gasteiger partial charge >= 0.3 is 0 Å². The van der Waals surface area contributed by atoms with Crippen LogP contribution in [0, 0.1) is 0 Å². The molecule has 0 aromatic carbocycles. The predicted octanol–water partition coefficient (Wildman–Crippen LogP) is -0.579. The zero-order chi connectivity index (χ0) is 12.5. The van der Waals surface area contributed by atoms with E-state index in [2.05, 4.69) is 4.72 Å². The Morgan fingerprint density at radius 1 is 1.41 bits per heavy atom. The summed E-state index contributed by atoms with van der Waals surface area (Å²) >= 11 is 0. The molecule has 1 saturated carbocycles. The first-order valence-electron chi connectivity index (χ1n) is 6.19. The summed E-state index contributed by atoms with van der Waals surface area (Å²) in [5, 5.41) is 0. The molecule has 0 spiro atoms. The number of nitrogens with two attached hydrogens (primary N) is 1. The van der Waals surface area contributed by atoms with Crippen molar-refractivity contribution in [2.45, 2.75) is 44.4 Å². The van der Waals surface area contributed by atoms with E-state index < -0.39 is 10.2 Å². The second kappa shape index (κ2) is 5.19. The number of rotatable bonds is 5. The van der Waals surface area contributed by atoms with Crippen molar-refractivity contribution in [2.24, 2.45) is 5.73 Å². The molecular weight excluding hydrogens is 242 g/mol. The number of nitrogens with zero attached hydrogens (tertiary/aromatic N) is 1. The summed E-state index contributed by atoms with van der Waals surface area (Å²) in [7, 11) is -3.38. The van der Waals surface area contributed by atoms with Crippen LogP contribution in [0.1, 0.15) is 26.2 Å². The van der Waals surface area contributed by atoms with Crippen LogP contribution in [-0.4, -0.2) is 50.6 Å². The van der Waals surface area contributed by atoms with E-state index in [1.807, 2.05) is 6.92 Å². The van der Waals surface area contributed by atoms with Gasteiger partial charge in [-0.1, -0.05) is 0 Å². The highest BCUT2D eigenvalue weighted by Gasteiger charge is 2.43. The Morgan fingerprint density at radius 3 is 2.59 bits per heavy atom. The van der Waals surface area contributed by atoms with Crippen molar-refractivity contribution in [1.82, 2.24) is 9.03 Å². The highest BCUT2D eigenvalue weighted by molar-refractivity contribution is 7.87. The molecule has 0 amide bonds. The molecule has 0 aromatic rings. The van der Waals surface area contributed by atoms with Gasteiger partial charge in [0.05, 0.1) is 12.1 Å². The van der Waals surface area contributed by atoms with E-state index in [0.717, 1.165) is 19.3 Å². The molecule has 17 heavy (non-hydrogen) atoms. The third-order valence-electron chi connectivity index (χ3n) is 3.44. The average molecular weight is 263 g/mol. The molecule has 1 heterocycles. The molecule has 100 valence electrons. The number of hydrogen-bond acceptors (Lipinski definition) is 4. The first kappa shape index (κ1) is 13.2. The van der Waals surface area contributed by atoms with Gasteiger partial charge in [-0.2, -0.15) is 17.4 Å². The van der Waals surface area contributed by atoms with E-state index in [0.29, 0.717) is 19.7 Å². The fourth-order valence-corrected chi connectivity index (χ4v) is 3.92. The van der Waals surface area contributed by atoms with Crippen molar-refractivity contribution in [3.63, 3.8) is 0 Å². The van der Waals surface area contributed by atoms with Crippen LogP contribution < -0.4 is 10.5 Å². The van der Waals surface area contributed by atoms with Crippen LogP contribution in [0.15, 0.2) is 0 Å². The van der Waals surface area contributed by atoms with Crippen LogP contribution in [0.2, 0.25) is 0 Å². The molecule has 2 aliphatic rings. The lowest BCUT2D eigenvalue weighted by molar-refractivity contribution is -0.0252. The lowest BCUT2D eigenvalue weighted by atomic mass is 9.84. The molecular formula is C10H21N3O3S. The van der Waals surface area contributed by atoms with Gasteiger partial charge in [-0.05, 0) is 26.2 Å². The van der Waals surface area contributed by atoms with Gasteiger partial charge in [-0.25, -0.2) is 0 Å². The van der Waals surface area contributed by atoms with Crippen LogP contribution >= 0.6 is 0 Å². The van der Waals surface area contributed by atoms with Crippen molar-refractivity contribution in [1.29, 1.82) is 0 Å². The van der Waals surface area contributed by atoms with E-state index in [4.69, 9.17) is 10.5 Å². The topological polar surface area (TPSA) is 84.7 Å². The van der Waals surface area contributed by atoms with Crippen LogP contribution in [0.5, 0.6) is 0 Å². The van der Waals surface area contributed by atoms with E-state index in [-0.39, 0.29) is 18.2 Å². The molecule has 6 nitrogen and oxygen atoms in total. The first-order chi connectivity index (χ1) is 8.04. The molecule has 7 heteroatoms. The van der Waals surface area contributed by atoms with Crippen LogP contribution in [0.3, 0.4) is 0 Å². The second-order valence-corrected chi connectivity index (χ2v) is 6.35. The lowest BCUT2D eigenvalue weighted by Gasteiger charge is -2.42. The van der Waals surface area contributed by atoms with Gasteiger partial charge in [0.15, 0.2) is 0 Å². The van der Waals surface area contributed by atoms with Gasteiger partial charge in [-0.3, -0.25) is 0 Å². The Kier molecular flexibility index (Phi) is 4.04. The van der Waals surface area contributed by atoms with E-state index in [1.54, 1.807) is 0 Å². The Bertz CT molecular complexity index is 352. The molecule has 0 radical (unpaired) electrons. The average Bonchev–Trinajstić information content (AvgIpc) is 2.80. The molecule has 3 atom stereocenters. The molecule has 0 bridgehead atoms. The third kappa shape index (κ3) is 2.79. The maximum Gasteiger partial charge on any atom is 0.279 e. The predicted molar refractivity (Wildman–Crippen MR) is 64.7 cm³/mol. The third-order valence-corrected chi connectivity index (χ3v) is 5.05. The van der Waals surface area contributed by atoms with Crippen molar-refractivity contribution in [3.8, 4) is 0 Å². The summed E-state index contributed by atoms with van der Waals surface area (Å²) in [6, 6.07) is -0.413. The van der Waals surface area contributed by atoms with Gasteiger partial charge in [0, 0.05) is 25.7 Å². The summed E-state index contributed by atoms with van der Waals surface area (Å²) in [5.74, 6) is 0. The largest absolute Gasteiger partial charge is 0.377 e. The molecule has 0 aromatic heterocycles. The molecule has 1 aliphatic carbocycles. The maximum atomic E-state index is 12.0. The molecule has 3 N–H and O–H groups in total. The Hall–Kier alpha value is -0.210. The first-order valence-corrected chi connectivity index (χ1v) is 7.63. The van der Waals surface area contributed by atoms with E-state index in [1.165, 1.54) is 4.31 Å². The SMILES string of the molecule is CCOC1CC(N)C1NS(=O)(=O)N1CCCC1. The molecule has 2 rings (SSSR count). The quantitative estimate of drug-likeness (QED) is 0.695. The standard InChI is InChI=1S/C10H21N3O3S/c1-2-16-9-7-8(11)10(9)12-17(14,15)13-5-3-4-6-13/h8-10,12H,2-7,11H2,1H3. The normalized spacial score (nSPS) is 34.8.